The van der Waals surface area contributed by atoms with E-state index in [-0.39, 0.29) is 16.5 Å². The number of benzene rings is 2. The van der Waals surface area contributed by atoms with E-state index in [1.54, 1.807) is 26.0 Å². The average molecular weight is 404 g/mol. The monoisotopic (exact) mass is 404 g/mol. The van der Waals surface area contributed by atoms with Crippen molar-refractivity contribution in [3.63, 3.8) is 0 Å². The highest BCUT2D eigenvalue weighted by Crippen LogP contribution is 2.15. The normalized spacial score (nSPS) is 12.5. The number of aryl methyl sites for hydroxylation is 1. The molecule has 7 nitrogen and oxygen atoms in total. The lowest BCUT2D eigenvalue weighted by atomic mass is 10.2. The van der Waals surface area contributed by atoms with Crippen LogP contribution in [0.2, 0.25) is 0 Å². The molecule has 8 heteroatoms. The molecule has 2 aromatic rings. The van der Waals surface area contributed by atoms with Gasteiger partial charge in [0.2, 0.25) is 10.0 Å². The van der Waals surface area contributed by atoms with Gasteiger partial charge in [-0.15, -0.1) is 0 Å². The fourth-order valence-electron chi connectivity index (χ4n) is 2.33. The molecule has 1 atom stereocenters. The summed E-state index contributed by atoms with van der Waals surface area (Å²) in [6, 6.07) is 12.4. The molecule has 0 saturated carbocycles. The number of hydrogen-bond acceptors (Lipinski definition) is 5. The summed E-state index contributed by atoms with van der Waals surface area (Å²) >= 11 is 0. The van der Waals surface area contributed by atoms with E-state index < -0.39 is 28.0 Å². The maximum absolute atomic E-state index is 12.3. The number of amides is 1. The first-order valence-corrected chi connectivity index (χ1v) is 10.3. The fraction of sp³-hybridized carbons (Fsp3) is 0.300. The standard InChI is InChI=1S/C20H24N2O5S/c1-13(2)22-28(25,26)18-7-5-6-16(12-18)20(24)27-15(4)19(23)21-17-10-8-14(3)9-11-17/h5-13,15,22H,1-4H3,(H,21,23)/t15-/m0/s1. The summed E-state index contributed by atoms with van der Waals surface area (Å²) in [5, 5.41) is 2.66. The van der Waals surface area contributed by atoms with Gasteiger partial charge in [-0.05, 0) is 58.0 Å². The van der Waals surface area contributed by atoms with Crippen LogP contribution >= 0.6 is 0 Å². The van der Waals surface area contributed by atoms with E-state index in [9.17, 15) is 18.0 Å². The SMILES string of the molecule is Cc1ccc(NC(=O)[C@H](C)OC(=O)c2cccc(S(=O)(=O)NC(C)C)c2)cc1. The van der Waals surface area contributed by atoms with Crippen LogP contribution in [-0.4, -0.2) is 32.4 Å². The van der Waals surface area contributed by atoms with E-state index in [4.69, 9.17) is 4.74 Å². The Kier molecular flexibility index (Phi) is 6.93. The number of sulfonamides is 1. The van der Waals surface area contributed by atoms with Crippen LogP contribution in [0.3, 0.4) is 0 Å². The average Bonchev–Trinajstić information content (AvgIpc) is 2.62. The molecule has 0 bridgehead atoms. The van der Waals surface area contributed by atoms with Crippen LogP contribution in [0.5, 0.6) is 0 Å². The number of hydrogen-bond donors (Lipinski definition) is 2. The Balaban J connectivity index is 2.06. The second-order valence-corrected chi connectivity index (χ2v) is 8.42. The zero-order chi connectivity index (χ0) is 20.9. The van der Waals surface area contributed by atoms with Gasteiger partial charge in [0, 0.05) is 11.7 Å². The maximum atomic E-state index is 12.3. The number of rotatable bonds is 7. The molecule has 2 rings (SSSR count). The summed E-state index contributed by atoms with van der Waals surface area (Å²) < 4.78 is 32.1. The molecule has 0 heterocycles. The maximum Gasteiger partial charge on any atom is 0.338 e. The summed E-state index contributed by atoms with van der Waals surface area (Å²) in [5.74, 6) is -1.27. The lowest BCUT2D eigenvalue weighted by Gasteiger charge is -2.14. The molecule has 0 fully saturated rings. The Labute approximate surface area is 165 Å². The lowest BCUT2D eigenvalue weighted by molar-refractivity contribution is -0.123. The molecule has 0 unspecified atom stereocenters. The third kappa shape index (κ3) is 5.90. The van der Waals surface area contributed by atoms with Crippen molar-refractivity contribution in [2.45, 2.75) is 44.7 Å². The van der Waals surface area contributed by atoms with Crippen molar-refractivity contribution >= 4 is 27.6 Å². The molecule has 2 N–H and O–H groups in total. The minimum Gasteiger partial charge on any atom is -0.449 e. The smallest absolute Gasteiger partial charge is 0.338 e. The number of carbonyl (C=O) groups excluding carboxylic acids is 2. The van der Waals surface area contributed by atoms with Crippen molar-refractivity contribution < 1.29 is 22.7 Å². The van der Waals surface area contributed by atoms with Gasteiger partial charge in [-0.2, -0.15) is 0 Å². The highest BCUT2D eigenvalue weighted by molar-refractivity contribution is 7.89. The predicted octanol–water partition coefficient (Wildman–Crippen LogP) is 2.87. The fourth-order valence-corrected chi connectivity index (χ4v) is 3.63. The molecule has 28 heavy (non-hydrogen) atoms. The summed E-state index contributed by atoms with van der Waals surface area (Å²) in [5.41, 5.74) is 1.69. The molecule has 0 aliphatic rings. The van der Waals surface area contributed by atoms with E-state index in [1.165, 1.54) is 31.2 Å². The topological polar surface area (TPSA) is 102 Å². The number of anilines is 1. The Morgan fingerprint density at radius 3 is 2.25 bits per heavy atom. The summed E-state index contributed by atoms with van der Waals surface area (Å²) in [6.45, 7) is 6.78. The molecule has 150 valence electrons. The van der Waals surface area contributed by atoms with Gasteiger partial charge in [0.05, 0.1) is 10.5 Å². The summed E-state index contributed by atoms with van der Waals surface area (Å²) in [6.07, 6.45) is -1.05. The van der Waals surface area contributed by atoms with Crippen molar-refractivity contribution in [2.75, 3.05) is 5.32 Å². The van der Waals surface area contributed by atoms with Gasteiger partial charge in [-0.3, -0.25) is 4.79 Å². The first kappa shape index (κ1) is 21.6. The van der Waals surface area contributed by atoms with Crippen molar-refractivity contribution in [2.24, 2.45) is 0 Å². The quantitative estimate of drug-likeness (QED) is 0.691. The largest absolute Gasteiger partial charge is 0.449 e. The number of esters is 1. The summed E-state index contributed by atoms with van der Waals surface area (Å²) in [7, 11) is -3.74. The van der Waals surface area contributed by atoms with E-state index in [1.807, 2.05) is 19.1 Å². The molecule has 0 radical (unpaired) electrons. The second-order valence-electron chi connectivity index (χ2n) is 6.71. The number of ether oxygens (including phenoxy) is 1. The molecule has 0 spiro atoms. The van der Waals surface area contributed by atoms with Crippen molar-refractivity contribution in [3.05, 3.63) is 59.7 Å². The van der Waals surface area contributed by atoms with Crippen LogP contribution in [0.25, 0.3) is 0 Å². The molecular weight excluding hydrogens is 380 g/mol. The van der Waals surface area contributed by atoms with Gasteiger partial charge < -0.3 is 10.1 Å². The molecule has 1 amide bonds. The van der Waals surface area contributed by atoms with Crippen molar-refractivity contribution in [3.8, 4) is 0 Å². The van der Waals surface area contributed by atoms with Crippen molar-refractivity contribution in [1.82, 2.24) is 4.72 Å². The Morgan fingerprint density at radius 2 is 1.64 bits per heavy atom. The second kappa shape index (κ2) is 8.99. The van der Waals surface area contributed by atoms with Crippen LogP contribution in [0.15, 0.2) is 53.4 Å². The van der Waals surface area contributed by atoms with E-state index in [0.29, 0.717) is 5.69 Å². The van der Waals surface area contributed by atoms with E-state index in [0.717, 1.165) is 5.56 Å². The van der Waals surface area contributed by atoms with Crippen LogP contribution in [0.1, 0.15) is 36.7 Å². The van der Waals surface area contributed by atoms with E-state index in [2.05, 4.69) is 10.0 Å². The molecular formula is C20H24N2O5S. The Morgan fingerprint density at radius 1 is 1.00 bits per heavy atom. The zero-order valence-electron chi connectivity index (χ0n) is 16.2. The van der Waals surface area contributed by atoms with Crippen molar-refractivity contribution in [1.29, 1.82) is 0 Å². The molecule has 0 aliphatic heterocycles. The molecule has 0 aliphatic carbocycles. The molecule has 0 aromatic heterocycles. The third-order valence-electron chi connectivity index (χ3n) is 3.74. The highest BCUT2D eigenvalue weighted by Gasteiger charge is 2.21. The molecule has 2 aromatic carbocycles. The predicted molar refractivity (Wildman–Crippen MR) is 107 cm³/mol. The van der Waals surface area contributed by atoms with Crippen LogP contribution in [0, 0.1) is 6.92 Å². The summed E-state index contributed by atoms with van der Waals surface area (Å²) in [4.78, 5) is 24.5. The number of nitrogens with one attached hydrogen (secondary N) is 2. The number of carbonyl (C=O) groups is 2. The van der Waals surface area contributed by atoms with Gasteiger partial charge in [-0.25, -0.2) is 17.9 Å². The highest BCUT2D eigenvalue weighted by atomic mass is 32.2. The van der Waals surface area contributed by atoms with E-state index >= 15 is 0 Å². The minimum absolute atomic E-state index is 0.0432. The minimum atomic E-state index is -3.74. The Hall–Kier alpha value is -2.71. The zero-order valence-corrected chi connectivity index (χ0v) is 17.0. The lowest BCUT2D eigenvalue weighted by Crippen LogP contribution is -2.31. The van der Waals surface area contributed by atoms with Gasteiger partial charge in [-0.1, -0.05) is 23.8 Å². The first-order valence-electron chi connectivity index (χ1n) is 8.79. The Bertz CT molecular complexity index is 953. The van der Waals surface area contributed by atoms with Crippen LogP contribution < -0.4 is 10.0 Å². The third-order valence-corrected chi connectivity index (χ3v) is 5.40. The van der Waals surface area contributed by atoms with Crippen LogP contribution in [-0.2, 0) is 19.6 Å². The van der Waals surface area contributed by atoms with Gasteiger partial charge in [0.1, 0.15) is 0 Å². The van der Waals surface area contributed by atoms with Gasteiger partial charge >= 0.3 is 5.97 Å². The van der Waals surface area contributed by atoms with Crippen LogP contribution in [0.4, 0.5) is 5.69 Å². The first-order chi connectivity index (χ1) is 13.1. The molecule has 0 saturated heterocycles. The van der Waals surface area contributed by atoms with Gasteiger partial charge in [0.25, 0.3) is 5.91 Å². The van der Waals surface area contributed by atoms with Gasteiger partial charge in [0.15, 0.2) is 6.10 Å².